The molecule has 0 aromatic heterocycles. The second kappa shape index (κ2) is 26.1. The Bertz CT molecular complexity index is 1780. The highest BCUT2D eigenvalue weighted by Crippen LogP contribution is 2.39. The Morgan fingerprint density at radius 2 is 1.61 bits per heavy atom. The van der Waals surface area contributed by atoms with Crippen LogP contribution >= 0.6 is 11.8 Å². The number of carbonyl (C=O) groups excluding carboxylic acids is 5. The van der Waals surface area contributed by atoms with Crippen LogP contribution in [0.3, 0.4) is 0 Å². The SMILES string of the molecule is CO[C@H]1CC2CC[C@@H](C)[C@@](O)(O2)C(=O)C(=O)N2CCCCC2C(=O)O[C@H]([C@H](C)C[C@@H]2CCC(SC)[C@H](OC)C2)CC(=O)[C@H](C)/C=C(\C)[C@@H](O)[C@@H](OC)C(=O)[C@H](C)C[C@H](C)/C=C/C=C/C=C/1C. The molecule has 66 heavy (non-hydrogen) atoms. The number of hydrogen-bond donors (Lipinski definition) is 2. The number of nitrogens with zero attached hydrogens (tertiary/aromatic N) is 1. The van der Waals surface area contributed by atoms with Crippen molar-refractivity contribution < 1.29 is 57.9 Å². The van der Waals surface area contributed by atoms with Crippen LogP contribution in [0.1, 0.15) is 126 Å². The summed E-state index contributed by atoms with van der Waals surface area (Å²) in [6.07, 6.45) is 15.6. The van der Waals surface area contributed by atoms with Gasteiger partial charge in [-0.3, -0.25) is 19.2 Å². The first-order chi connectivity index (χ1) is 31.3. The number of fused-ring (bicyclic) bond motifs is 3. The van der Waals surface area contributed by atoms with Crippen molar-refractivity contribution in [2.45, 2.75) is 179 Å². The second-order valence-corrected chi connectivity index (χ2v) is 20.9. The summed E-state index contributed by atoms with van der Waals surface area (Å²) in [7, 11) is 4.71. The van der Waals surface area contributed by atoms with Crippen LogP contribution < -0.4 is 0 Å². The molecule has 2 saturated heterocycles. The third-order valence-corrected chi connectivity index (χ3v) is 15.9. The summed E-state index contributed by atoms with van der Waals surface area (Å²) in [5.74, 6) is -7.52. The predicted molar refractivity (Wildman–Crippen MR) is 256 cm³/mol. The average Bonchev–Trinajstić information content (AvgIpc) is 3.30. The molecular formula is C52H81NO12S. The maximum Gasteiger partial charge on any atom is 0.329 e. The third kappa shape index (κ3) is 14.5. The van der Waals surface area contributed by atoms with Crippen molar-refractivity contribution in [3.05, 3.63) is 47.6 Å². The number of cyclic esters (lactones) is 1. The van der Waals surface area contributed by atoms with Gasteiger partial charge in [-0.05, 0) is 113 Å². The van der Waals surface area contributed by atoms with E-state index in [2.05, 4.69) is 6.26 Å². The van der Waals surface area contributed by atoms with Gasteiger partial charge in [0.05, 0.1) is 18.3 Å². The van der Waals surface area contributed by atoms with Crippen LogP contribution in [0.5, 0.6) is 0 Å². The standard InChI is InChI=1S/C52H81NO12S/c1-31-17-13-12-14-18-32(2)42(61-8)29-39-22-20-37(7)52(60,65-39)49(57)50(58)53-24-16-15-19-40(53)51(59)64-43(34(4)27-38-21-23-45(66-11)44(28-38)62-9)30-41(54)33(3)26-36(6)47(56)48(63-10)46(55)35(5)25-31/h12-14,17-18,26,31,33-35,37-40,42-45,47-48,56,60H,15-16,19-25,27-30H2,1-11H3/b14-12+,17-13+,32-18+,36-26+/t31-,33-,34-,35-,37-,38+,39?,40?,42+,43+,44-,45?,47-,48+,52-/m1/s1. The number of hydrogen-bond acceptors (Lipinski definition) is 13. The fourth-order valence-electron chi connectivity index (χ4n) is 10.4. The molecule has 2 bridgehead atoms. The Kier molecular flexibility index (Phi) is 22.0. The van der Waals surface area contributed by atoms with Gasteiger partial charge in [0.15, 0.2) is 5.78 Å². The van der Waals surface area contributed by atoms with Crippen molar-refractivity contribution in [2.24, 2.45) is 35.5 Å². The predicted octanol–water partition coefficient (Wildman–Crippen LogP) is 7.55. The van der Waals surface area contributed by atoms with Gasteiger partial charge in [-0.2, -0.15) is 11.8 Å². The van der Waals surface area contributed by atoms with Gasteiger partial charge in [0.1, 0.15) is 30.1 Å². The fourth-order valence-corrected chi connectivity index (χ4v) is 11.3. The third-order valence-electron chi connectivity index (χ3n) is 14.8. The number of aliphatic hydroxyl groups is 2. The summed E-state index contributed by atoms with van der Waals surface area (Å²) in [6.45, 7) is 12.9. The van der Waals surface area contributed by atoms with Crippen LogP contribution in [0, 0.1) is 35.5 Å². The van der Waals surface area contributed by atoms with E-state index in [9.17, 15) is 34.2 Å². The molecule has 3 aliphatic heterocycles. The molecular weight excluding hydrogens is 863 g/mol. The van der Waals surface area contributed by atoms with Crippen molar-refractivity contribution in [3.8, 4) is 0 Å². The van der Waals surface area contributed by atoms with Crippen molar-refractivity contribution in [1.29, 1.82) is 0 Å². The highest BCUT2D eigenvalue weighted by Gasteiger charge is 2.53. The molecule has 0 radical (unpaired) electrons. The Morgan fingerprint density at radius 1 is 0.879 bits per heavy atom. The van der Waals surface area contributed by atoms with Gasteiger partial charge in [0.2, 0.25) is 5.79 Å². The monoisotopic (exact) mass is 944 g/mol. The van der Waals surface area contributed by atoms with Gasteiger partial charge in [-0.15, -0.1) is 0 Å². The fraction of sp³-hybridized carbons (Fsp3) is 0.750. The number of allylic oxidation sites excluding steroid dienone is 6. The molecule has 3 heterocycles. The van der Waals surface area contributed by atoms with Gasteiger partial charge in [0, 0.05) is 63.7 Å². The molecule has 2 N–H and O–H groups in total. The Balaban J connectivity index is 1.70. The normalized spacial score (nSPS) is 40.0. The molecule has 4 aliphatic rings. The van der Waals surface area contributed by atoms with Gasteiger partial charge in [-0.1, -0.05) is 71.1 Å². The first-order valence-electron chi connectivity index (χ1n) is 24.3. The lowest BCUT2D eigenvalue weighted by Crippen LogP contribution is -2.61. The summed E-state index contributed by atoms with van der Waals surface area (Å²) < 4.78 is 29.8. The zero-order valence-electron chi connectivity index (χ0n) is 41.6. The number of thioether (sulfide) groups is 1. The Hall–Kier alpha value is -2.98. The van der Waals surface area contributed by atoms with E-state index in [1.54, 1.807) is 52.8 Å². The quantitative estimate of drug-likeness (QED) is 0.146. The number of amides is 1. The minimum atomic E-state index is -2.41. The first kappa shape index (κ1) is 55.6. The zero-order chi connectivity index (χ0) is 48.9. The number of piperidine rings is 1. The molecule has 4 rings (SSSR count). The summed E-state index contributed by atoms with van der Waals surface area (Å²) in [5.41, 5.74) is 1.30. The average molecular weight is 944 g/mol. The molecule has 1 amide bonds. The van der Waals surface area contributed by atoms with Gasteiger partial charge >= 0.3 is 5.97 Å². The molecule has 372 valence electrons. The maximum atomic E-state index is 14.4. The number of rotatable bonds is 7. The minimum absolute atomic E-state index is 0.0292. The number of esters is 1. The largest absolute Gasteiger partial charge is 0.460 e. The lowest BCUT2D eigenvalue weighted by Gasteiger charge is -2.42. The Morgan fingerprint density at radius 3 is 2.27 bits per heavy atom. The summed E-state index contributed by atoms with van der Waals surface area (Å²) in [4.78, 5) is 72.1. The lowest BCUT2D eigenvalue weighted by molar-refractivity contribution is -0.265. The number of ether oxygens (including phenoxy) is 5. The van der Waals surface area contributed by atoms with Crippen LogP contribution in [0.15, 0.2) is 47.6 Å². The van der Waals surface area contributed by atoms with Gasteiger partial charge < -0.3 is 38.8 Å². The van der Waals surface area contributed by atoms with Crippen molar-refractivity contribution in [3.63, 3.8) is 0 Å². The smallest absolute Gasteiger partial charge is 0.329 e. The lowest BCUT2D eigenvalue weighted by atomic mass is 9.79. The van der Waals surface area contributed by atoms with Crippen LogP contribution in [0.2, 0.25) is 0 Å². The summed E-state index contributed by atoms with van der Waals surface area (Å²) >= 11 is 1.80. The van der Waals surface area contributed by atoms with Crippen molar-refractivity contribution in [2.75, 3.05) is 34.1 Å². The molecule has 13 nitrogen and oxygen atoms in total. The number of carbonyl (C=O) groups is 5. The highest BCUT2D eigenvalue weighted by atomic mass is 32.2. The van der Waals surface area contributed by atoms with E-state index in [0.717, 1.165) is 24.8 Å². The molecule has 15 atom stereocenters. The topological polar surface area (TPSA) is 175 Å². The molecule has 1 saturated carbocycles. The van der Waals surface area contributed by atoms with E-state index in [1.165, 1.54) is 12.0 Å². The summed E-state index contributed by atoms with van der Waals surface area (Å²) in [6, 6.07) is -1.11. The van der Waals surface area contributed by atoms with Crippen molar-refractivity contribution in [1.82, 2.24) is 4.90 Å². The molecule has 3 fully saturated rings. The molecule has 0 spiro atoms. The van der Waals surface area contributed by atoms with E-state index in [-0.39, 0.29) is 54.8 Å². The van der Waals surface area contributed by atoms with Crippen LogP contribution in [0.25, 0.3) is 0 Å². The van der Waals surface area contributed by atoms with Gasteiger partial charge in [0.25, 0.3) is 11.7 Å². The number of methoxy groups -OCH3 is 3. The number of Topliss-reactive ketones (excluding diaryl/α,β-unsaturated/α-hetero) is 3. The first-order valence-corrected chi connectivity index (χ1v) is 25.6. The minimum Gasteiger partial charge on any atom is -0.460 e. The Labute approximate surface area is 398 Å². The molecule has 0 aromatic carbocycles. The molecule has 3 unspecified atom stereocenters. The van der Waals surface area contributed by atoms with E-state index < -0.39 is 77.8 Å². The highest BCUT2D eigenvalue weighted by molar-refractivity contribution is 7.99. The second-order valence-electron chi connectivity index (χ2n) is 19.8. The van der Waals surface area contributed by atoms with E-state index >= 15 is 0 Å². The van der Waals surface area contributed by atoms with Crippen molar-refractivity contribution >= 4 is 41.0 Å². The van der Waals surface area contributed by atoms with E-state index in [1.807, 2.05) is 58.1 Å². The van der Waals surface area contributed by atoms with Gasteiger partial charge in [-0.25, -0.2) is 4.79 Å². The molecule has 1 aliphatic carbocycles. The summed E-state index contributed by atoms with van der Waals surface area (Å²) in [5, 5.41) is 23.8. The maximum absolute atomic E-state index is 14.4. The zero-order valence-corrected chi connectivity index (χ0v) is 42.4. The van der Waals surface area contributed by atoms with Crippen LogP contribution in [-0.2, 0) is 47.7 Å². The van der Waals surface area contributed by atoms with Crippen LogP contribution in [-0.4, -0.2) is 132 Å². The number of aliphatic hydroxyl groups excluding tert-OH is 1. The van der Waals surface area contributed by atoms with E-state index in [4.69, 9.17) is 23.7 Å². The van der Waals surface area contributed by atoms with Crippen LogP contribution in [0.4, 0.5) is 0 Å². The molecule has 14 heteroatoms. The number of ketones is 3. The van der Waals surface area contributed by atoms with E-state index in [0.29, 0.717) is 55.8 Å². The molecule has 0 aromatic rings.